The smallest absolute Gasteiger partial charge is 0.339 e. The van der Waals surface area contributed by atoms with Crippen molar-refractivity contribution in [2.45, 2.75) is 19.8 Å². The first-order valence-corrected chi connectivity index (χ1v) is 7.32. The molecule has 0 bridgehead atoms. The van der Waals surface area contributed by atoms with E-state index in [4.69, 9.17) is 0 Å². The molecule has 1 aromatic carbocycles. The Kier molecular flexibility index (Phi) is 5.71. The lowest BCUT2D eigenvalue weighted by Crippen LogP contribution is -2.33. The van der Waals surface area contributed by atoms with Crippen molar-refractivity contribution in [3.63, 3.8) is 0 Å². The average Bonchev–Trinajstić information content (AvgIpc) is 2.92. The number of hydrogen-bond acceptors (Lipinski definition) is 3. The first kappa shape index (κ1) is 15.8. The quantitative estimate of drug-likeness (QED) is 0.814. The number of nitrogens with one attached hydrogen (secondary N) is 2. The van der Waals surface area contributed by atoms with E-state index in [1.165, 1.54) is 0 Å². The predicted molar refractivity (Wildman–Crippen MR) is 85.3 cm³/mol. The first-order chi connectivity index (χ1) is 10.7. The molecule has 1 amide bonds. The van der Waals surface area contributed by atoms with Crippen LogP contribution in [0.1, 0.15) is 24.7 Å². The van der Waals surface area contributed by atoms with E-state index in [-0.39, 0.29) is 12.3 Å². The number of amides is 1. The minimum Gasteiger partial charge on any atom is -0.339 e. The van der Waals surface area contributed by atoms with Gasteiger partial charge in [0, 0.05) is 13.1 Å². The molecule has 0 spiro atoms. The lowest BCUT2D eigenvalue weighted by Gasteiger charge is -2.19. The van der Waals surface area contributed by atoms with Crippen molar-refractivity contribution in [2.75, 3.05) is 13.1 Å². The number of carbonyl (C=O) groups is 1. The average molecular weight is 300 g/mol. The lowest BCUT2D eigenvalue weighted by atomic mass is 10.2. The summed E-state index contributed by atoms with van der Waals surface area (Å²) in [5.41, 5.74) is 0.705. The molecule has 116 valence electrons. The second-order valence-electron chi connectivity index (χ2n) is 4.95. The zero-order valence-corrected chi connectivity index (χ0v) is 12.6. The number of nitrogens with zero attached hydrogens (tertiary/aromatic N) is 2. The Morgan fingerprint density at radius 2 is 2.09 bits per heavy atom. The standard InChI is InChI=1S/C16H20N4O2/c1-2-10-20(11-6-9-13-7-4-3-5-8-13)15(21)12-14-17-16(22)19-18-14/h3-9H,2,10-12H2,1H3,(H2,17,18,19,22)/b9-6+. The van der Waals surface area contributed by atoms with Crippen molar-refractivity contribution in [1.82, 2.24) is 20.1 Å². The maximum Gasteiger partial charge on any atom is 0.340 e. The summed E-state index contributed by atoms with van der Waals surface area (Å²) in [6.07, 6.45) is 4.93. The number of aromatic amines is 2. The molecule has 2 aromatic rings. The van der Waals surface area contributed by atoms with Crippen molar-refractivity contribution in [3.05, 3.63) is 58.3 Å². The van der Waals surface area contributed by atoms with Crippen molar-refractivity contribution >= 4 is 12.0 Å². The van der Waals surface area contributed by atoms with E-state index in [1.54, 1.807) is 4.90 Å². The first-order valence-electron chi connectivity index (χ1n) is 7.32. The van der Waals surface area contributed by atoms with E-state index in [9.17, 15) is 9.59 Å². The van der Waals surface area contributed by atoms with Gasteiger partial charge >= 0.3 is 5.69 Å². The van der Waals surface area contributed by atoms with Crippen LogP contribution in [0.3, 0.4) is 0 Å². The Bertz CT molecular complexity index is 673. The van der Waals surface area contributed by atoms with E-state index in [0.717, 1.165) is 12.0 Å². The summed E-state index contributed by atoms with van der Waals surface area (Å²) < 4.78 is 0. The number of rotatable bonds is 7. The fourth-order valence-electron chi connectivity index (χ4n) is 2.11. The predicted octanol–water partition coefficient (Wildman–Crippen LogP) is 1.59. The van der Waals surface area contributed by atoms with Crippen molar-refractivity contribution in [1.29, 1.82) is 0 Å². The summed E-state index contributed by atoms with van der Waals surface area (Å²) in [4.78, 5) is 27.5. The molecular formula is C16H20N4O2. The molecule has 2 rings (SSSR count). The Hall–Kier alpha value is -2.63. The Labute approximate surface area is 128 Å². The zero-order chi connectivity index (χ0) is 15.8. The van der Waals surface area contributed by atoms with Crippen LogP contribution in [0.5, 0.6) is 0 Å². The molecule has 1 aromatic heterocycles. The SMILES string of the molecule is CCCN(C/C=C/c1ccccc1)C(=O)Cc1n[nH]c(=O)[nH]1. The molecular weight excluding hydrogens is 280 g/mol. The highest BCUT2D eigenvalue weighted by Gasteiger charge is 2.13. The van der Waals surface area contributed by atoms with Gasteiger partial charge in [-0.2, -0.15) is 5.10 Å². The van der Waals surface area contributed by atoms with E-state index < -0.39 is 5.69 Å². The van der Waals surface area contributed by atoms with Crippen molar-refractivity contribution in [2.24, 2.45) is 0 Å². The maximum absolute atomic E-state index is 12.3. The third-order valence-electron chi connectivity index (χ3n) is 3.15. The number of benzene rings is 1. The molecule has 22 heavy (non-hydrogen) atoms. The molecule has 6 heteroatoms. The Morgan fingerprint density at radius 3 is 2.73 bits per heavy atom. The summed E-state index contributed by atoms with van der Waals surface area (Å²) in [5, 5.41) is 6.03. The third-order valence-corrected chi connectivity index (χ3v) is 3.15. The van der Waals surface area contributed by atoms with Gasteiger partial charge in [-0.1, -0.05) is 49.4 Å². The second kappa shape index (κ2) is 7.97. The molecule has 0 aliphatic rings. The van der Waals surface area contributed by atoms with Gasteiger partial charge in [-0.3, -0.25) is 9.78 Å². The molecule has 0 unspecified atom stereocenters. The van der Waals surface area contributed by atoms with Gasteiger partial charge in [-0.15, -0.1) is 0 Å². The summed E-state index contributed by atoms with van der Waals surface area (Å²) in [5.74, 6) is 0.311. The second-order valence-corrected chi connectivity index (χ2v) is 4.95. The Morgan fingerprint density at radius 1 is 1.32 bits per heavy atom. The van der Waals surface area contributed by atoms with Gasteiger partial charge in [0.15, 0.2) is 0 Å². The van der Waals surface area contributed by atoms with Gasteiger partial charge in [-0.25, -0.2) is 9.89 Å². The van der Waals surface area contributed by atoms with Crippen LogP contribution in [0.2, 0.25) is 0 Å². The van der Waals surface area contributed by atoms with Gasteiger partial charge in [0.2, 0.25) is 5.91 Å². The molecule has 2 N–H and O–H groups in total. The van der Waals surface area contributed by atoms with Gasteiger partial charge in [0.25, 0.3) is 0 Å². The molecule has 0 aliphatic heterocycles. The molecule has 0 saturated heterocycles. The van der Waals surface area contributed by atoms with Crippen LogP contribution >= 0.6 is 0 Å². The fourth-order valence-corrected chi connectivity index (χ4v) is 2.11. The van der Waals surface area contributed by atoms with Gasteiger partial charge < -0.3 is 4.90 Å². The summed E-state index contributed by atoms with van der Waals surface area (Å²) >= 11 is 0. The molecule has 0 aliphatic carbocycles. The molecule has 0 atom stereocenters. The van der Waals surface area contributed by atoms with E-state index in [2.05, 4.69) is 15.2 Å². The van der Waals surface area contributed by atoms with E-state index in [1.807, 2.05) is 49.4 Å². The highest BCUT2D eigenvalue weighted by atomic mass is 16.2. The van der Waals surface area contributed by atoms with Crippen LogP contribution in [0, 0.1) is 0 Å². The minimum absolute atomic E-state index is 0.0534. The normalized spacial score (nSPS) is 11.0. The molecule has 0 radical (unpaired) electrons. The van der Waals surface area contributed by atoms with Gasteiger partial charge in [-0.05, 0) is 12.0 Å². The van der Waals surface area contributed by atoms with Crippen LogP contribution in [-0.4, -0.2) is 39.1 Å². The molecule has 0 fully saturated rings. The largest absolute Gasteiger partial charge is 0.340 e. The fraction of sp³-hybridized carbons (Fsp3) is 0.312. The van der Waals surface area contributed by atoms with Gasteiger partial charge in [0.1, 0.15) is 5.82 Å². The summed E-state index contributed by atoms with van der Waals surface area (Å²) in [6.45, 7) is 3.24. The van der Waals surface area contributed by atoms with Crippen LogP contribution in [0.25, 0.3) is 6.08 Å². The maximum atomic E-state index is 12.3. The topological polar surface area (TPSA) is 81.8 Å². The zero-order valence-electron chi connectivity index (χ0n) is 12.6. The van der Waals surface area contributed by atoms with E-state index in [0.29, 0.717) is 18.9 Å². The minimum atomic E-state index is -0.395. The lowest BCUT2D eigenvalue weighted by molar-refractivity contribution is -0.130. The van der Waals surface area contributed by atoms with Crippen LogP contribution in [0.4, 0.5) is 0 Å². The number of aromatic nitrogens is 3. The summed E-state index contributed by atoms with van der Waals surface area (Å²) in [6, 6.07) is 9.94. The highest BCUT2D eigenvalue weighted by Crippen LogP contribution is 2.03. The molecule has 1 heterocycles. The van der Waals surface area contributed by atoms with Crippen LogP contribution in [-0.2, 0) is 11.2 Å². The molecule has 6 nitrogen and oxygen atoms in total. The van der Waals surface area contributed by atoms with Crippen LogP contribution < -0.4 is 5.69 Å². The number of H-pyrrole nitrogens is 2. The van der Waals surface area contributed by atoms with Crippen molar-refractivity contribution in [3.8, 4) is 0 Å². The summed E-state index contributed by atoms with van der Waals surface area (Å²) in [7, 11) is 0. The number of hydrogen-bond donors (Lipinski definition) is 2. The van der Waals surface area contributed by atoms with Crippen LogP contribution in [0.15, 0.2) is 41.2 Å². The van der Waals surface area contributed by atoms with E-state index >= 15 is 0 Å². The third kappa shape index (κ3) is 4.73. The Balaban J connectivity index is 1.95. The highest BCUT2D eigenvalue weighted by molar-refractivity contribution is 5.78. The van der Waals surface area contributed by atoms with Crippen molar-refractivity contribution < 1.29 is 4.79 Å². The number of carbonyl (C=O) groups excluding carboxylic acids is 1. The monoisotopic (exact) mass is 300 g/mol. The molecule has 0 saturated carbocycles. The van der Waals surface area contributed by atoms with Gasteiger partial charge in [0.05, 0.1) is 6.42 Å².